The molecule has 0 bridgehead atoms. The third-order valence-corrected chi connectivity index (χ3v) is 0.832. The fourth-order valence-electron chi connectivity index (χ4n) is 0.368. The average molecular weight is 150 g/mol. The second-order valence-corrected chi connectivity index (χ2v) is 1.77. The van der Waals surface area contributed by atoms with Crippen LogP contribution in [0.2, 0.25) is 0 Å². The van der Waals surface area contributed by atoms with E-state index < -0.39 is 0 Å². The highest BCUT2D eigenvalue weighted by molar-refractivity contribution is 7.75. The number of thiol groups is 1. The molecule has 0 aliphatic rings. The van der Waals surface area contributed by atoms with E-state index >= 15 is 0 Å². The lowest BCUT2D eigenvalue weighted by Gasteiger charge is -1.98. The molecule has 0 aliphatic carbocycles. The molecule has 0 unspecified atom stereocenters. The molecule has 0 aliphatic heterocycles. The Morgan fingerprint density at radius 1 is 1.67 bits per heavy atom. The Labute approximate surface area is 60.0 Å². The molecule has 0 saturated heterocycles. The highest BCUT2D eigenvalue weighted by Crippen LogP contribution is 1.91. The van der Waals surface area contributed by atoms with Crippen LogP contribution in [0.1, 0.15) is 19.8 Å². The molecule has 54 valence electrons. The minimum Gasteiger partial charge on any atom is -0.437 e. The van der Waals surface area contributed by atoms with E-state index in [1.807, 2.05) is 6.92 Å². The fourth-order valence-corrected chi connectivity index (χ4v) is 0.421. The third-order valence-electron chi connectivity index (χ3n) is 0.727. The molecule has 0 radical (unpaired) electrons. The minimum absolute atomic E-state index is 0.0675. The van der Waals surface area contributed by atoms with E-state index in [2.05, 4.69) is 21.8 Å². The van der Waals surface area contributed by atoms with E-state index in [9.17, 15) is 4.79 Å². The number of esters is 1. The Hall–Kier alpha value is -0.220. The molecule has 0 aromatic heterocycles. The van der Waals surface area contributed by atoms with Gasteiger partial charge in [-0.15, -0.1) is 0 Å². The topological polar surface area (TPSA) is 35.5 Å². The summed E-state index contributed by atoms with van der Waals surface area (Å²) in [6, 6.07) is 0. The minimum atomic E-state index is -0.244. The van der Waals surface area contributed by atoms with Crippen molar-refractivity contribution in [2.24, 2.45) is 0 Å². The van der Waals surface area contributed by atoms with Crippen molar-refractivity contribution < 1.29 is 13.7 Å². The van der Waals surface area contributed by atoms with Crippen molar-refractivity contribution in [3.05, 3.63) is 0 Å². The van der Waals surface area contributed by atoms with Gasteiger partial charge in [0.25, 0.3) is 0 Å². The summed E-state index contributed by atoms with van der Waals surface area (Å²) in [5.74, 6) is -0.244. The van der Waals surface area contributed by atoms with E-state index in [0.29, 0.717) is 6.42 Å². The van der Waals surface area contributed by atoms with Crippen molar-refractivity contribution in [2.45, 2.75) is 19.8 Å². The summed E-state index contributed by atoms with van der Waals surface area (Å²) in [7, 11) is 0. The van der Waals surface area contributed by atoms with Gasteiger partial charge in [0.2, 0.25) is 6.79 Å². The van der Waals surface area contributed by atoms with Crippen LogP contribution < -0.4 is 0 Å². The van der Waals surface area contributed by atoms with Crippen LogP contribution in [0.5, 0.6) is 0 Å². The summed E-state index contributed by atoms with van der Waals surface area (Å²) >= 11 is 3.39. The van der Waals surface area contributed by atoms with Crippen LogP contribution in [0, 0.1) is 0 Å². The third kappa shape index (κ3) is 5.65. The van der Waals surface area contributed by atoms with E-state index in [1.54, 1.807) is 0 Å². The largest absolute Gasteiger partial charge is 0.437 e. The number of hydrogen-bond donors (Lipinski definition) is 1. The number of carbonyl (C=O) groups is 1. The van der Waals surface area contributed by atoms with Gasteiger partial charge in [-0.05, 0) is 19.3 Å². The predicted octanol–water partition coefficient (Wildman–Crippen LogP) is 1.15. The lowest BCUT2D eigenvalue weighted by molar-refractivity contribution is -0.149. The molecule has 0 spiro atoms. The summed E-state index contributed by atoms with van der Waals surface area (Å²) in [6.07, 6.45) is 1.24. The van der Waals surface area contributed by atoms with Crippen LogP contribution in [0.25, 0.3) is 0 Å². The molecule has 4 heteroatoms. The van der Waals surface area contributed by atoms with Gasteiger partial charge in [-0.3, -0.25) is 8.98 Å². The van der Waals surface area contributed by atoms with E-state index in [-0.39, 0.29) is 12.8 Å². The zero-order valence-corrected chi connectivity index (χ0v) is 6.19. The lowest BCUT2D eigenvalue weighted by Crippen LogP contribution is -2.04. The molecule has 0 amide bonds. The van der Waals surface area contributed by atoms with Crippen LogP contribution in [0.3, 0.4) is 0 Å². The van der Waals surface area contributed by atoms with Crippen LogP contribution >= 0.6 is 12.9 Å². The van der Waals surface area contributed by atoms with E-state index in [0.717, 1.165) is 6.42 Å². The van der Waals surface area contributed by atoms with Gasteiger partial charge >= 0.3 is 5.97 Å². The van der Waals surface area contributed by atoms with Crippen molar-refractivity contribution >= 4 is 18.9 Å². The van der Waals surface area contributed by atoms with Gasteiger partial charge in [-0.1, -0.05) is 6.92 Å². The van der Waals surface area contributed by atoms with Gasteiger partial charge in [-0.25, -0.2) is 0 Å². The molecule has 0 atom stereocenters. The second-order valence-electron chi connectivity index (χ2n) is 1.51. The molecular weight excluding hydrogens is 140 g/mol. The number of hydrogen-bond acceptors (Lipinski definition) is 4. The predicted molar refractivity (Wildman–Crippen MR) is 35.9 cm³/mol. The monoisotopic (exact) mass is 150 g/mol. The molecule has 0 aromatic carbocycles. The molecule has 0 saturated carbocycles. The van der Waals surface area contributed by atoms with Gasteiger partial charge in [0.05, 0.1) is 0 Å². The van der Waals surface area contributed by atoms with Crippen LogP contribution in [0.15, 0.2) is 0 Å². The Morgan fingerprint density at radius 2 is 2.33 bits per heavy atom. The Bertz CT molecular complexity index is 84.3. The van der Waals surface area contributed by atoms with Gasteiger partial charge in [0.15, 0.2) is 0 Å². The highest BCUT2D eigenvalue weighted by atomic mass is 32.1. The highest BCUT2D eigenvalue weighted by Gasteiger charge is 1.97. The molecular formula is C5H10O3S. The Morgan fingerprint density at radius 3 is 2.78 bits per heavy atom. The van der Waals surface area contributed by atoms with Crippen LogP contribution in [-0.4, -0.2) is 12.8 Å². The van der Waals surface area contributed by atoms with E-state index in [1.165, 1.54) is 0 Å². The molecule has 3 nitrogen and oxygen atoms in total. The van der Waals surface area contributed by atoms with E-state index in [4.69, 9.17) is 0 Å². The first-order chi connectivity index (χ1) is 4.31. The maximum absolute atomic E-state index is 10.5. The van der Waals surface area contributed by atoms with Crippen molar-refractivity contribution in [2.75, 3.05) is 6.79 Å². The first-order valence-electron chi connectivity index (χ1n) is 2.73. The van der Waals surface area contributed by atoms with Gasteiger partial charge in [0.1, 0.15) is 0 Å². The smallest absolute Gasteiger partial charge is 0.307 e. The zero-order chi connectivity index (χ0) is 7.11. The average Bonchev–Trinajstić information content (AvgIpc) is 1.85. The second kappa shape index (κ2) is 5.91. The normalized spacial score (nSPS) is 9.11. The molecule has 0 N–H and O–H groups in total. The Kier molecular flexibility index (Phi) is 5.76. The number of ether oxygens (including phenoxy) is 1. The molecule has 0 aromatic rings. The first kappa shape index (κ1) is 8.78. The summed E-state index contributed by atoms with van der Waals surface area (Å²) in [5, 5.41) is 0. The summed E-state index contributed by atoms with van der Waals surface area (Å²) in [6.45, 7) is 1.84. The van der Waals surface area contributed by atoms with Crippen molar-refractivity contribution in [1.29, 1.82) is 0 Å². The zero-order valence-electron chi connectivity index (χ0n) is 5.29. The summed E-state index contributed by atoms with van der Waals surface area (Å²) in [5.41, 5.74) is 0. The van der Waals surface area contributed by atoms with Crippen molar-refractivity contribution in [1.82, 2.24) is 0 Å². The SMILES string of the molecule is CCCC(=O)OCOS. The molecule has 0 heterocycles. The van der Waals surface area contributed by atoms with Crippen LogP contribution in [0.4, 0.5) is 0 Å². The number of rotatable bonds is 4. The standard InChI is InChI=1S/C5H10O3S/c1-2-3-5(6)7-4-8-9/h9H,2-4H2,1H3. The fraction of sp³-hybridized carbons (Fsp3) is 0.800. The van der Waals surface area contributed by atoms with Crippen molar-refractivity contribution in [3.63, 3.8) is 0 Å². The molecule has 0 fully saturated rings. The van der Waals surface area contributed by atoms with Crippen LogP contribution in [-0.2, 0) is 13.7 Å². The van der Waals surface area contributed by atoms with Gasteiger partial charge in [0, 0.05) is 6.42 Å². The first-order valence-corrected chi connectivity index (χ1v) is 3.09. The number of carbonyl (C=O) groups excluding carboxylic acids is 1. The Balaban J connectivity index is 3.06. The van der Waals surface area contributed by atoms with Gasteiger partial charge < -0.3 is 4.74 Å². The van der Waals surface area contributed by atoms with Gasteiger partial charge in [-0.2, -0.15) is 0 Å². The maximum Gasteiger partial charge on any atom is 0.307 e. The van der Waals surface area contributed by atoms with Crippen molar-refractivity contribution in [3.8, 4) is 0 Å². The quantitative estimate of drug-likeness (QED) is 0.282. The summed E-state index contributed by atoms with van der Waals surface area (Å²) in [4.78, 5) is 10.5. The lowest BCUT2D eigenvalue weighted by atomic mass is 10.3. The summed E-state index contributed by atoms with van der Waals surface area (Å²) < 4.78 is 8.70. The maximum atomic E-state index is 10.5. The molecule has 0 rings (SSSR count). The molecule has 9 heavy (non-hydrogen) atoms.